The van der Waals surface area contributed by atoms with Crippen LogP contribution in [0.3, 0.4) is 0 Å². The third-order valence-electron chi connectivity index (χ3n) is 4.37. The van der Waals surface area contributed by atoms with Crippen molar-refractivity contribution >= 4 is 6.03 Å². The van der Waals surface area contributed by atoms with Crippen LogP contribution in [0.2, 0.25) is 0 Å². The summed E-state index contributed by atoms with van der Waals surface area (Å²) in [6.45, 7) is 8.74. The van der Waals surface area contributed by atoms with Crippen LogP contribution in [0, 0.1) is 0 Å². The van der Waals surface area contributed by atoms with E-state index in [-0.39, 0.29) is 18.1 Å². The number of hydrogen-bond acceptors (Lipinski definition) is 3. The first-order valence-corrected chi connectivity index (χ1v) is 7.88. The summed E-state index contributed by atoms with van der Waals surface area (Å²) in [4.78, 5) is 20.6. The Balaban J connectivity index is 1.83. The smallest absolute Gasteiger partial charge is 0.317 e. The molecule has 0 unspecified atom stereocenters. The van der Waals surface area contributed by atoms with E-state index in [2.05, 4.69) is 21.8 Å². The Morgan fingerprint density at radius 3 is 2.91 bits per heavy atom. The van der Waals surface area contributed by atoms with E-state index in [9.17, 15) is 4.79 Å². The first-order valence-electron chi connectivity index (χ1n) is 7.88. The number of amides is 2. The third kappa shape index (κ3) is 4.31. The number of carbonyl (C=O) groups excluding carboxylic acids is 1. The average molecular weight is 302 g/mol. The van der Waals surface area contributed by atoms with Crippen molar-refractivity contribution in [2.45, 2.75) is 31.8 Å². The molecule has 0 spiro atoms. The topological polar surface area (TPSA) is 48.5 Å². The van der Waals surface area contributed by atoms with Gasteiger partial charge >= 0.3 is 6.03 Å². The molecule has 0 bridgehead atoms. The van der Waals surface area contributed by atoms with Crippen molar-refractivity contribution in [3.63, 3.8) is 0 Å². The largest absolute Gasteiger partial charge is 0.335 e. The van der Waals surface area contributed by atoms with Gasteiger partial charge in [-0.2, -0.15) is 0 Å². The first kappa shape index (κ1) is 16.5. The molecule has 0 radical (unpaired) electrons. The molecule has 1 aromatic rings. The SMILES string of the molecule is C=CCN1CCC(NC(=O)N(C)[C@@H](C)c2cccnc2)CC1. The number of urea groups is 1. The number of hydrogen-bond donors (Lipinski definition) is 1. The lowest BCUT2D eigenvalue weighted by atomic mass is 10.1. The normalized spacial score (nSPS) is 17.7. The van der Waals surface area contributed by atoms with Gasteiger partial charge in [-0.05, 0) is 31.4 Å². The van der Waals surface area contributed by atoms with Crippen molar-refractivity contribution in [3.8, 4) is 0 Å². The standard InChI is InChI=1S/C17H26N4O/c1-4-10-21-11-7-16(8-12-21)19-17(22)20(3)14(2)15-6-5-9-18-13-15/h4-6,9,13-14,16H,1,7-8,10-12H2,2-3H3,(H,19,22)/t14-/m0/s1. The van der Waals surface area contributed by atoms with Crippen LogP contribution in [0.25, 0.3) is 0 Å². The highest BCUT2D eigenvalue weighted by Crippen LogP contribution is 2.18. The van der Waals surface area contributed by atoms with E-state index in [1.165, 1.54) is 0 Å². The predicted octanol–water partition coefficient (Wildman–Crippen LogP) is 2.43. The van der Waals surface area contributed by atoms with E-state index in [1.807, 2.05) is 38.4 Å². The summed E-state index contributed by atoms with van der Waals surface area (Å²) >= 11 is 0. The Morgan fingerprint density at radius 2 is 2.32 bits per heavy atom. The average Bonchev–Trinajstić information content (AvgIpc) is 2.56. The van der Waals surface area contributed by atoms with Crippen molar-refractivity contribution in [1.29, 1.82) is 0 Å². The molecule has 2 heterocycles. The van der Waals surface area contributed by atoms with Crippen LogP contribution in [0.4, 0.5) is 4.79 Å². The van der Waals surface area contributed by atoms with Gasteiger partial charge in [0.05, 0.1) is 6.04 Å². The maximum Gasteiger partial charge on any atom is 0.317 e. The number of pyridine rings is 1. The number of rotatable bonds is 5. The van der Waals surface area contributed by atoms with E-state index in [1.54, 1.807) is 11.1 Å². The molecule has 5 heteroatoms. The number of carbonyl (C=O) groups is 1. The Morgan fingerprint density at radius 1 is 1.59 bits per heavy atom. The highest BCUT2D eigenvalue weighted by atomic mass is 16.2. The van der Waals surface area contributed by atoms with Crippen LogP contribution in [-0.2, 0) is 0 Å². The van der Waals surface area contributed by atoms with Gasteiger partial charge in [-0.1, -0.05) is 12.1 Å². The minimum Gasteiger partial charge on any atom is -0.335 e. The minimum atomic E-state index is -0.0153. The lowest BCUT2D eigenvalue weighted by molar-refractivity contribution is 0.174. The van der Waals surface area contributed by atoms with Gasteiger partial charge in [-0.25, -0.2) is 4.79 Å². The molecular weight excluding hydrogens is 276 g/mol. The van der Waals surface area contributed by atoms with Gasteiger partial charge in [0.1, 0.15) is 0 Å². The molecule has 2 rings (SSSR count). The van der Waals surface area contributed by atoms with Gasteiger partial charge in [0, 0.05) is 45.1 Å². The molecular formula is C17H26N4O. The second-order valence-electron chi connectivity index (χ2n) is 5.89. The fraction of sp³-hybridized carbons (Fsp3) is 0.529. The lowest BCUT2D eigenvalue weighted by Crippen LogP contribution is -2.48. The van der Waals surface area contributed by atoms with Gasteiger partial charge in [0.25, 0.3) is 0 Å². The van der Waals surface area contributed by atoms with E-state index in [4.69, 9.17) is 0 Å². The van der Waals surface area contributed by atoms with Gasteiger partial charge < -0.3 is 10.2 Å². The Hall–Kier alpha value is -1.88. The van der Waals surface area contributed by atoms with Crippen LogP contribution in [-0.4, -0.2) is 53.5 Å². The van der Waals surface area contributed by atoms with Crippen molar-refractivity contribution in [3.05, 3.63) is 42.7 Å². The molecule has 1 aliphatic heterocycles. The maximum atomic E-state index is 12.4. The van der Waals surface area contributed by atoms with Crippen LogP contribution in [0.15, 0.2) is 37.2 Å². The monoisotopic (exact) mass is 302 g/mol. The first-order chi connectivity index (χ1) is 10.6. The Bertz CT molecular complexity index is 483. The molecule has 5 nitrogen and oxygen atoms in total. The summed E-state index contributed by atoms with van der Waals surface area (Å²) in [5.74, 6) is 0. The molecule has 22 heavy (non-hydrogen) atoms. The molecule has 1 aliphatic rings. The molecule has 0 aliphatic carbocycles. The van der Waals surface area contributed by atoms with Crippen molar-refractivity contribution in [1.82, 2.24) is 20.1 Å². The molecule has 1 atom stereocenters. The van der Waals surface area contributed by atoms with E-state index < -0.39 is 0 Å². The third-order valence-corrected chi connectivity index (χ3v) is 4.37. The Labute approximate surface area is 133 Å². The van der Waals surface area contributed by atoms with Gasteiger partial charge in [0.15, 0.2) is 0 Å². The molecule has 2 amide bonds. The molecule has 1 saturated heterocycles. The van der Waals surface area contributed by atoms with Crippen molar-refractivity contribution in [2.24, 2.45) is 0 Å². The summed E-state index contributed by atoms with van der Waals surface area (Å²) in [6.07, 6.45) is 7.47. The zero-order valence-electron chi connectivity index (χ0n) is 13.5. The van der Waals surface area contributed by atoms with E-state index in [0.29, 0.717) is 0 Å². The van der Waals surface area contributed by atoms with Gasteiger partial charge in [-0.15, -0.1) is 6.58 Å². The number of piperidine rings is 1. The predicted molar refractivity (Wildman–Crippen MR) is 88.6 cm³/mol. The summed E-state index contributed by atoms with van der Waals surface area (Å²) in [5, 5.41) is 3.15. The summed E-state index contributed by atoms with van der Waals surface area (Å²) in [6, 6.07) is 4.15. The highest BCUT2D eigenvalue weighted by Gasteiger charge is 2.23. The second-order valence-corrected chi connectivity index (χ2v) is 5.89. The zero-order valence-corrected chi connectivity index (χ0v) is 13.5. The number of aromatic nitrogens is 1. The van der Waals surface area contributed by atoms with Crippen LogP contribution < -0.4 is 5.32 Å². The maximum absolute atomic E-state index is 12.4. The van der Waals surface area contributed by atoms with Gasteiger partial charge in [0.2, 0.25) is 0 Å². The number of nitrogens with one attached hydrogen (secondary N) is 1. The van der Waals surface area contributed by atoms with Crippen LogP contribution >= 0.6 is 0 Å². The second kappa shape index (κ2) is 7.94. The lowest BCUT2D eigenvalue weighted by Gasteiger charge is -2.33. The molecule has 1 aromatic heterocycles. The fourth-order valence-electron chi connectivity index (χ4n) is 2.74. The highest BCUT2D eigenvalue weighted by molar-refractivity contribution is 5.74. The van der Waals surface area contributed by atoms with Crippen LogP contribution in [0.5, 0.6) is 0 Å². The number of nitrogens with zero attached hydrogens (tertiary/aromatic N) is 3. The Kier molecular flexibility index (Phi) is 5.95. The summed E-state index contributed by atoms with van der Waals surface area (Å²) < 4.78 is 0. The quantitative estimate of drug-likeness (QED) is 0.850. The van der Waals surface area contributed by atoms with Crippen LogP contribution in [0.1, 0.15) is 31.4 Å². The van der Waals surface area contributed by atoms with E-state index in [0.717, 1.165) is 38.0 Å². The summed E-state index contributed by atoms with van der Waals surface area (Å²) in [5.41, 5.74) is 1.04. The van der Waals surface area contributed by atoms with Gasteiger partial charge in [-0.3, -0.25) is 9.88 Å². The fourth-order valence-corrected chi connectivity index (χ4v) is 2.74. The molecule has 0 aromatic carbocycles. The minimum absolute atomic E-state index is 0.00885. The van der Waals surface area contributed by atoms with E-state index >= 15 is 0 Å². The molecule has 1 N–H and O–H groups in total. The van der Waals surface area contributed by atoms with Crippen molar-refractivity contribution < 1.29 is 4.79 Å². The zero-order chi connectivity index (χ0) is 15.9. The molecule has 0 saturated carbocycles. The summed E-state index contributed by atoms with van der Waals surface area (Å²) in [7, 11) is 1.83. The van der Waals surface area contributed by atoms with Crippen molar-refractivity contribution in [2.75, 3.05) is 26.7 Å². The molecule has 120 valence electrons. The molecule has 1 fully saturated rings. The number of likely N-dealkylation sites (tertiary alicyclic amines) is 1.